The molecule has 0 aromatic heterocycles. The summed E-state index contributed by atoms with van der Waals surface area (Å²) in [6.07, 6.45) is 7.77. The SMILES string of the molecule is C#CC(CCC)c1ccc(C)cc1C. The van der Waals surface area contributed by atoms with E-state index < -0.39 is 0 Å². The molecule has 1 atom stereocenters. The quantitative estimate of drug-likeness (QED) is 0.629. The summed E-state index contributed by atoms with van der Waals surface area (Å²) < 4.78 is 0. The highest BCUT2D eigenvalue weighted by Crippen LogP contribution is 2.24. The largest absolute Gasteiger partial charge is 0.119 e. The van der Waals surface area contributed by atoms with Crippen LogP contribution < -0.4 is 0 Å². The van der Waals surface area contributed by atoms with Crippen molar-refractivity contribution >= 4 is 0 Å². The van der Waals surface area contributed by atoms with Crippen LogP contribution in [0.25, 0.3) is 0 Å². The molecule has 14 heavy (non-hydrogen) atoms. The van der Waals surface area contributed by atoms with E-state index in [4.69, 9.17) is 6.42 Å². The maximum atomic E-state index is 5.55. The minimum Gasteiger partial charge on any atom is -0.119 e. The smallest absolute Gasteiger partial charge is 0.0452 e. The van der Waals surface area contributed by atoms with Gasteiger partial charge in [-0.3, -0.25) is 0 Å². The fraction of sp³-hybridized carbons (Fsp3) is 0.429. The first-order valence-corrected chi connectivity index (χ1v) is 5.22. The summed E-state index contributed by atoms with van der Waals surface area (Å²) in [5, 5.41) is 0. The highest BCUT2D eigenvalue weighted by molar-refractivity contribution is 5.36. The van der Waals surface area contributed by atoms with E-state index in [0.29, 0.717) is 5.92 Å². The summed E-state index contributed by atoms with van der Waals surface area (Å²) in [6.45, 7) is 6.43. The lowest BCUT2D eigenvalue weighted by Gasteiger charge is -2.13. The van der Waals surface area contributed by atoms with E-state index in [1.54, 1.807) is 0 Å². The van der Waals surface area contributed by atoms with Crippen LogP contribution in [-0.4, -0.2) is 0 Å². The normalized spacial score (nSPS) is 12.1. The van der Waals surface area contributed by atoms with Gasteiger partial charge in [0.25, 0.3) is 0 Å². The first-order chi connectivity index (χ1) is 6.69. The Bertz CT molecular complexity index is 342. The molecule has 1 aromatic rings. The molecule has 0 aliphatic heterocycles. The van der Waals surface area contributed by atoms with Gasteiger partial charge in [0.15, 0.2) is 0 Å². The van der Waals surface area contributed by atoms with Gasteiger partial charge >= 0.3 is 0 Å². The second-order valence-electron chi connectivity index (χ2n) is 3.87. The molecule has 0 radical (unpaired) electrons. The third-order valence-electron chi connectivity index (χ3n) is 2.58. The highest BCUT2D eigenvalue weighted by Gasteiger charge is 2.09. The molecule has 0 amide bonds. The van der Waals surface area contributed by atoms with E-state index in [-0.39, 0.29) is 0 Å². The van der Waals surface area contributed by atoms with Gasteiger partial charge < -0.3 is 0 Å². The average Bonchev–Trinajstić information content (AvgIpc) is 2.15. The van der Waals surface area contributed by atoms with Gasteiger partial charge in [0.2, 0.25) is 0 Å². The number of aryl methyl sites for hydroxylation is 2. The molecule has 0 saturated heterocycles. The lowest BCUT2D eigenvalue weighted by Crippen LogP contribution is -1.98. The number of benzene rings is 1. The van der Waals surface area contributed by atoms with Crippen molar-refractivity contribution in [2.24, 2.45) is 0 Å². The van der Waals surface area contributed by atoms with Crippen LogP contribution in [0.1, 0.15) is 42.4 Å². The summed E-state index contributed by atoms with van der Waals surface area (Å²) in [7, 11) is 0. The lowest BCUT2D eigenvalue weighted by molar-refractivity contribution is 0.730. The zero-order valence-electron chi connectivity index (χ0n) is 9.30. The molecule has 0 heterocycles. The van der Waals surface area contributed by atoms with E-state index in [1.165, 1.54) is 16.7 Å². The monoisotopic (exact) mass is 186 g/mol. The molecule has 0 N–H and O–H groups in total. The number of terminal acetylenes is 1. The van der Waals surface area contributed by atoms with Crippen LogP contribution in [0.2, 0.25) is 0 Å². The van der Waals surface area contributed by atoms with Crippen molar-refractivity contribution in [2.75, 3.05) is 0 Å². The lowest BCUT2D eigenvalue weighted by atomic mass is 9.91. The Morgan fingerprint density at radius 2 is 2.07 bits per heavy atom. The molecule has 0 aliphatic rings. The van der Waals surface area contributed by atoms with Gasteiger partial charge in [0.05, 0.1) is 0 Å². The van der Waals surface area contributed by atoms with Gasteiger partial charge in [-0.25, -0.2) is 0 Å². The molecule has 0 bridgehead atoms. The minimum atomic E-state index is 0.292. The molecule has 1 unspecified atom stereocenters. The average molecular weight is 186 g/mol. The first kappa shape index (κ1) is 10.9. The van der Waals surface area contributed by atoms with Gasteiger partial charge in [0, 0.05) is 5.92 Å². The van der Waals surface area contributed by atoms with E-state index in [2.05, 4.69) is 44.9 Å². The predicted octanol–water partition coefficient (Wildman–Crippen LogP) is 3.82. The van der Waals surface area contributed by atoms with Crippen LogP contribution >= 0.6 is 0 Å². The second-order valence-corrected chi connectivity index (χ2v) is 3.87. The molecule has 1 rings (SSSR count). The standard InChI is InChI=1S/C14H18/c1-5-7-13(6-2)14-9-8-11(3)10-12(14)4/h2,8-10,13H,5,7H2,1,3-4H3. The summed E-state index contributed by atoms with van der Waals surface area (Å²) in [6, 6.07) is 6.52. The second kappa shape index (κ2) is 4.86. The van der Waals surface area contributed by atoms with E-state index in [0.717, 1.165) is 12.8 Å². The van der Waals surface area contributed by atoms with Crippen molar-refractivity contribution in [2.45, 2.75) is 39.5 Å². The molecule has 0 saturated carbocycles. The predicted molar refractivity (Wildman–Crippen MR) is 62.4 cm³/mol. The molecular formula is C14H18. The van der Waals surface area contributed by atoms with Crippen molar-refractivity contribution in [3.8, 4) is 12.3 Å². The minimum absolute atomic E-state index is 0.292. The zero-order valence-corrected chi connectivity index (χ0v) is 9.30. The van der Waals surface area contributed by atoms with Gasteiger partial charge in [-0.15, -0.1) is 6.42 Å². The Kier molecular flexibility index (Phi) is 3.77. The van der Waals surface area contributed by atoms with Crippen LogP contribution in [0.5, 0.6) is 0 Å². The van der Waals surface area contributed by atoms with E-state index in [1.807, 2.05) is 0 Å². The molecule has 0 nitrogen and oxygen atoms in total. The van der Waals surface area contributed by atoms with Crippen molar-refractivity contribution in [1.82, 2.24) is 0 Å². The number of rotatable bonds is 3. The van der Waals surface area contributed by atoms with Crippen molar-refractivity contribution < 1.29 is 0 Å². The molecule has 74 valence electrons. The first-order valence-electron chi connectivity index (χ1n) is 5.22. The van der Waals surface area contributed by atoms with Crippen molar-refractivity contribution in [3.63, 3.8) is 0 Å². The van der Waals surface area contributed by atoms with Crippen LogP contribution in [0.15, 0.2) is 18.2 Å². The Morgan fingerprint density at radius 1 is 1.36 bits per heavy atom. The van der Waals surface area contributed by atoms with Gasteiger partial charge in [-0.05, 0) is 31.4 Å². The van der Waals surface area contributed by atoms with Gasteiger partial charge in [0.1, 0.15) is 0 Å². The zero-order chi connectivity index (χ0) is 10.6. The summed E-state index contributed by atoms with van der Waals surface area (Å²) in [5.74, 6) is 3.17. The molecule has 1 aromatic carbocycles. The molecule has 0 fully saturated rings. The molecule has 0 spiro atoms. The number of hydrogen-bond donors (Lipinski definition) is 0. The molecular weight excluding hydrogens is 168 g/mol. The Morgan fingerprint density at radius 3 is 2.57 bits per heavy atom. The Balaban J connectivity index is 3.00. The van der Waals surface area contributed by atoms with Crippen molar-refractivity contribution in [3.05, 3.63) is 34.9 Å². The summed E-state index contributed by atoms with van der Waals surface area (Å²) in [5.41, 5.74) is 3.94. The van der Waals surface area contributed by atoms with Crippen LogP contribution in [0, 0.1) is 26.2 Å². The highest BCUT2D eigenvalue weighted by atomic mass is 14.1. The number of hydrogen-bond acceptors (Lipinski definition) is 0. The Hall–Kier alpha value is -1.22. The maximum absolute atomic E-state index is 5.55. The maximum Gasteiger partial charge on any atom is 0.0452 e. The molecule has 0 aliphatic carbocycles. The fourth-order valence-electron chi connectivity index (χ4n) is 1.83. The summed E-state index contributed by atoms with van der Waals surface area (Å²) >= 11 is 0. The summed E-state index contributed by atoms with van der Waals surface area (Å²) in [4.78, 5) is 0. The fourth-order valence-corrected chi connectivity index (χ4v) is 1.83. The van der Waals surface area contributed by atoms with Gasteiger partial charge in [-0.1, -0.05) is 43.0 Å². The van der Waals surface area contributed by atoms with E-state index >= 15 is 0 Å². The van der Waals surface area contributed by atoms with E-state index in [9.17, 15) is 0 Å². The Labute approximate surface area is 87.4 Å². The molecule has 0 heteroatoms. The third-order valence-corrected chi connectivity index (χ3v) is 2.58. The van der Waals surface area contributed by atoms with Crippen molar-refractivity contribution in [1.29, 1.82) is 0 Å². The topological polar surface area (TPSA) is 0 Å². The van der Waals surface area contributed by atoms with Crippen LogP contribution in [-0.2, 0) is 0 Å². The van der Waals surface area contributed by atoms with Crippen LogP contribution in [0.4, 0.5) is 0 Å². The van der Waals surface area contributed by atoms with Gasteiger partial charge in [-0.2, -0.15) is 0 Å². The van der Waals surface area contributed by atoms with Crippen LogP contribution in [0.3, 0.4) is 0 Å². The third kappa shape index (κ3) is 2.39.